The van der Waals surface area contributed by atoms with Gasteiger partial charge >= 0.3 is 0 Å². The van der Waals surface area contributed by atoms with E-state index in [0.717, 1.165) is 12.1 Å². The third kappa shape index (κ3) is 2.49. The molecule has 0 saturated carbocycles. The summed E-state index contributed by atoms with van der Waals surface area (Å²) in [6.07, 6.45) is -0.786. The van der Waals surface area contributed by atoms with E-state index >= 15 is 0 Å². The van der Waals surface area contributed by atoms with Crippen molar-refractivity contribution in [3.63, 3.8) is 0 Å². The van der Waals surface area contributed by atoms with Crippen molar-refractivity contribution in [2.75, 3.05) is 6.54 Å². The average molecular weight is 201 g/mol. The lowest BCUT2D eigenvalue weighted by molar-refractivity contribution is 0.182. The van der Waals surface area contributed by atoms with Crippen LogP contribution in [0.2, 0.25) is 0 Å². The highest BCUT2D eigenvalue weighted by molar-refractivity contribution is 5.25. The van der Waals surface area contributed by atoms with Crippen molar-refractivity contribution >= 4 is 0 Å². The first-order chi connectivity index (χ1) is 6.54. The topological polar surface area (TPSA) is 46.2 Å². The van der Waals surface area contributed by atoms with E-state index in [-0.39, 0.29) is 24.1 Å². The molecule has 1 unspecified atom stereocenters. The first kappa shape index (κ1) is 11.1. The van der Waals surface area contributed by atoms with Gasteiger partial charge in [0.1, 0.15) is 11.6 Å². The lowest BCUT2D eigenvalue weighted by Crippen LogP contribution is -2.22. The summed E-state index contributed by atoms with van der Waals surface area (Å²) >= 11 is 0. The van der Waals surface area contributed by atoms with Crippen LogP contribution in [0, 0.1) is 18.6 Å². The normalized spacial score (nSPS) is 12.9. The number of hydrogen-bond acceptors (Lipinski definition) is 2. The Morgan fingerprint density at radius 2 is 2.00 bits per heavy atom. The van der Waals surface area contributed by atoms with Gasteiger partial charge in [-0.25, -0.2) is 8.78 Å². The van der Waals surface area contributed by atoms with E-state index < -0.39 is 17.7 Å². The van der Waals surface area contributed by atoms with Crippen molar-refractivity contribution in [3.8, 4) is 0 Å². The number of aliphatic hydroxyl groups is 1. The predicted molar refractivity (Wildman–Crippen MR) is 49.9 cm³/mol. The second-order valence-electron chi connectivity index (χ2n) is 3.29. The number of halogens is 2. The molecule has 0 aliphatic heterocycles. The number of nitrogens with two attached hydrogens (primary N) is 1. The molecule has 0 aromatic heterocycles. The monoisotopic (exact) mass is 201 g/mol. The van der Waals surface area contributed by atoms with Crippen LogP contribution >= 0.6 is 0 Å². The smallest absolute Gasteiger partial charge is 0.126 e. The molecule has 1 aromatic carbocycles. The molecule has 0 radical (unpaired) electrons. The van der Waals surface area contributed by atoms with Gasteiger partial charge in [0, 0.05) is 13.0 Å². The molecule has 0 saturated heterocycles. The Morgan fingerprint density at radius 1 is 1.36 bits per heavy atom. The zero-order valence-corrected chi connectivity index (χ0v) is 7.93. The number of hydrogen-bond donors (Lipinski definition) is 2. The van der Waals surface area contributed by atoms with Crippen LogP contribution in [0.5, 0.6) is 0 Å². The second-order valence-corrected chi connectivity index (χ2v) is 3.29. The van der Waals surface area contributed by atoms with Gasteiger partial charge in [0.2, 0.25) is 0 Å². The number of rotatable bonds is 3. The molecule has 14 heavy (non-hydrogen) atoms. The largest absolute Gasteiger partial charge is 0.391 e. The van der Waals surface area contributed by atoms with Crippen molar-refractivity contribution in [3.05, 3.63) is 34.9 Å². The molecule has 1 rings (SSSR count). The quantitative estimate of drug-likeness (QED) is 0.770. The minimum atomic E-state index is -0.827. The summed E-state index contributed by atoms with van der Waals surface area (Å²) in [5, 5.41) is 9.18. The summed E-state index contributed by atoms with van der Waals surface area (Å²) in [7, 11) is 0. The van der Waals surface area contributed by atoms with Gasteiger partial charge in [-0.2, -0.15) is 0 Å². The van der Waals surface area contributed by atoms with Gasteiger partial charge in [0.15, 0.2) is 0 Å². The van der Waals surface area contributed by atoms with Gasteiger partial charge in [-0.3, -0.25) is 0 Å². The molecule has 0 fully saturated rings. The summed E-state index contributed by atoms with van der Waals surface area (Å²) in [4.78, 5) is 0. The van der Waals surface area contributed by atoms with Gasteiger partial charge in [0.05, 0.1) is 6.10 Å². The molecular weight excluding hydrogens is 188 g/mol. The van der Waals surface area contributed by atoms with Crippen LogP contribution < -0.4 is 5.73 Å². The van der Waals surface area contributed by atoms with E-state index in [1.807, 2.05) is 0 Å². The highest BCUT2D eigenvalue weighted by atomic mass is 19.1. The maximum atomic E-state index is 13.2. The highest BCUT2D eigenvalue weighted by Crippen LogP contribution is 2.15. The van der Waals surface area contributed by atoms with Crippen molar-refractivity contribution in [2.45, 2.75) is 19.4 Å². The third-order valence-electron chi connectivity index (χ3n) is 2.06. The van der Waals surface area contributed by atoms with Gasteiger partial charge in [-0.05, 0) is 30.2 Å². The highest BCUT2D eigenvalue weighted by Gasteiger charge is 2.10. The molecule has 0 heterocycles. The summed E-state index contributed by atoms with van der Waals surface area (Å²) in [5.74, 6) is -0.970. The lowest BCUT2D eigenvalue weighted by Gasteiger charge is -2.09. The Labute approximate surface area is 81.4 Å². The Morgan fingerprint density at radius 3 is 2.57 bits per heavy atom. The van der Waals surface area contributed by atoms with Crippen LogP contribution in [0.15, 0.2) is 12.1 Å². The third-order valence-corrected chi connectivity index (χ3v) is 2.06. The Hall–Kier alpha value is -1.00. The number of aryl methyl sites for hydroxylation is 1. The summed E-state index contributed by atoms with van der Waals surface area (Å²) in [5.41, 5.74) is 5.59. The van der Waals surface area contributed by atoms with E-state index in [9.17, 15) is 13.9 Å². The Bertz CT molecular complexity index is 328. The second kappa shape index (κ2) is 4.48. The van der Waals surface area contributed by atoms with Gasteiger partial charge < -0.3 is 10.8 Å². The minimum absolute atomic E-state index is 0.0366. The molecule has 2 nitrogen and oxygen atoms in total. The van der Waals surface area contributed by atoms with Crippen LogP contribution in [-0.2, 0) is 6.42 Å². The molecule has 0 amide bonds. The molecule has 0 bridgehead atoms. The minimum Gasteiger partial charge on any atom is -0.391 e. The lowest BCUT2D eigenvalue weighted by atomic mass is 10.0. The molecule has 1 atom stereocenters. The van der Waals surface area contributed by atoms with Crippen molar-refractivity contribution in [2.24, 2.45) is 5.73 Å². The first-order valence-electron chi connectivity index (χ1n) is 4.37. The molecule has 1 aromatic rings. The van der Waals surface area contributed by atoms with Gasteiger partial charge in [-0.1, -0.05) is 0 Å². The zero-order valence-electron chi connectivity index (χ0n) is 7.93. The van der Waals surface area contributed by atoms with Gasteiger partial charge in [0.25, 0.3) is 0 Å². The van der Waals surface area contributed by atoms with Crippen molar-refractivity contribution < 1.29 is 13.9 Å². The fourth-order valence-corrected chi connectivity index (χ4v) is 1.18. The zero-order chi connectivity index (χ0) is 10.7. The van der Waals surface area contributed by atoms with Crippen LogP contribution in [0.3, 0.4) is 0 Å². The van der Waals surface area contributed by atoms with Crippen molar-refractivity contribution in [1.82, 2.24) is 0 Å². The standard InChI is InChI=1S/C10H13F2NO/c1-6-2-10(12)7(4-9(6)11)3-8(14)5-13/h2,4,8,14H,3,5,13H2,1H3. The Kier molecular flexibility index (Phi) is 3.55. The molecule has 4 heteroatoms. The fourth-order valence-electron chi connectivity index (χ4n) is 1.18. The van der Waals surface area contributed by atoms with E-state index in [0.29, 0.717) is 0 Å². The number of aliphatic hydroxyl groups excluding tert-OH is 1. The molecule has 3 N–H and O–H groups in total. The van der Waals surface area contributed by atoms with Crippen molar-refractivity contribution in [1.29, 1.82) is 0 Å². The molecular formula is C10H13F2NO. The molecule has 0 aliphatic rings. The fraction of sp³-hybridized carbons (Fsp3) is 0.400. The van der Waals surface area contributed by atoms with Crippen LogP contribution in [0.25, 0.3) is 0 Å². The van der Waals surface area contributed by atoms with E-state index in [1.54, 1.807) is 0 Å². The Balaban J connectivity index is 2.92. The van der Waals surface area contributed by atoms with Crippen LogP contribution in [-0.4, -0.2) is 17.8 Å². The van der Waals surface area contributed by atoms with Crippen LogP contribution in [0.4, 0.5) is 8.78 Å². The summed E-state index contributed by atoms with van der Waals surface area (Å²) in [6, 6.07) is 2.22. The van der Waals surface area contributed by atoms with Gasteiger partial charge in [-0.15, -0.1) is 0 Å². The first-order valence-corrected chi connectivity index (χ1v) is 4.37. The molecule has 78 valence electrons. The van der Waals surface area contributed by atoms with E-state index in [4.69, 9.17) is 5.73 Å². The van der Waals surface area contributed by atoms with Crippen LogP contribution in [0.1, 0.15) is 11.1 Å². The number of benzene rings is 1. The average Bonchev–Trinajstić information content (AvgIpc) is 2.14. The molecule has 0 spiro atoms. The maximum absolute atomic E-state index is 13.2. The summed E-state index contributed by atoms with van der Waals surface area (Å²) in [6.45, 7) is 1.52. The van der Waals surface area contributed by atoms with E-state index in [1.165, 1.54) is 6.92 Å². The SMILES string of the molecule is Cc1cc(F)c(CC(O)CN)cc1F. The van der Waals surface area contributed by atoms with E-state index in [2.05, 4.69) is 0 Å². The predicted octanol–water partition coefficient (Wildman–Crippen LogP) is 1.14. The summed E-state index contributed by atoms with van der Waals surface area (Å²) < 4.78 is 26.2. The molecule has 0 aliphatic carbocycles. The maximum Gasteiger partial charge on any atom is 0.126 e.